The molecule has 0 unspecified atom stereocenters. The number of carbonyl (C=O) groups is 1. The number of morpholine rings is 1. The summed E-state index contributed by atoms with van der Waals surface area (Å²) in [5.74, 6) is -3.73. The van der Waals surface area contributed by atoms with Gasteiger partial charge in [-0.2, -0.15) is 26.7 Å². The molecule has 5 rings (SSSR count). The highest BCUT2D eigenvalue weighted by Gasteiger charge is 2.38. The second-order valence-corrected chi connectivity index (χ2v) is 9.60. The van der Waals surface area contributed by atoms with E-state index in [1.165, 1.54) is 0 Å². The molecule has 2 saturated heterocycles. The van der Waals surface area contributed by atoms with E-state index in [9.17, 15) is 26.7 Å². The molecule has 1 aromatic carbocycles. The van der Waals surface area contributed by atoms with Crippen molar-refractivity contribution in [3.8, 4) is 0 Å². The summed E-state index contributed by atoms with van der Waals surface area (Å²) in [6.45, 7) is 2.65. The highest BCUT2D eigenvalue weighted by atomic mass is 32.1. The van der Waals surface area contributed by atoms with Crippen LogP contribution in [-0.2, 0) is 10.9 Å². The van der Waals surface area contributed by atoms with Gasteiger partial charge in [0, 0.05) is 74.5 Å². The standard InChI is InChI=1S/C26H27F5N6O2.H2S/c27-25(28)6-8-36(9-7-25)21(17-14-33-24(34-15-17)26(29,30)31)16-32-23(38)19-2-1-3-20-18(19)4-5-22(35-20)37-10-12-39-13-11-37;/h1-5,14-15,21H,6-13,16H2,(H,32,38);1H2/t21-;/m1./s1. The zero-order valence-corrected chi connectivity index (χ0v) is 22.4. The molecule has 0 saturated carbocycles. The van der Waals surface area contributed by atoms with Gasteiger partial charge in [0.2, 0.25) is 5.82 Å². The van der Waals surface area contributed by atoms with Gasteiger partial charge in [0.05, 0.1) is 24.8 Å². The fraction of sp³-hybridized carbons (Fsp3) is 0.462. The molecule has 1 N–H and O–H groups in total. The van der Waals surface area contributed by atoms with Crippen molar-refractivity contribution in [1.29, 1.82) is 0 Å². The van der Waals surface area contributed by atoms with Crippen LogP contribution in [0.5, 0.6) is 0 Å². The molecule has 0 radical (unpaired) electrons. The van der Waals surface area contributed by atoms with Crippen LogP contribution in [0.2, 0.25) is 0 Å². The van der Waals surface area contributed by atoms with Crippen molar-refractivity contribution in [3.63, 3.8) is 0 Å². The van der Waals surface area contributed by atoms with Gasteiger partial charge in [0.1, 0.15) is 5.82 Å². The van der Waals surface area contributed by atoms with Gasteiger partial charge in [-0.15, -0.1) is 0 Å². The largest absolute Gasteiger partial charge is 0.451 e. The number of benzene rings is 1. The van der Waals surface area contributed by atoms with Crippen LogP contribution in [0, 0.1) is 0 Å². The first-order valence-corrected chi connectivity index (χ1v) is 12.6. The minimum Gasteiger partial charge on any atom is -0.378 e. The average Bonchev–Trinajstić information content (AvgIpc) is 2.93. The number of rotatable bonds is 6. The van der Waals surface area contributed by atoms with Crippen molar-refractivity contribution in [2.75, 3.05) is 50.8 Å². The number of ether oxygens (including phenoxy) is 1. The molecule has 2 aliphatic heterocycles. The Bertz CT molecular complexity index is 1310. The Morgan fingerprint density at radius 3 is 2.35 bits per heavy atom. The summed E-state index contributed by atoms with van der Waals surface area (Å²) in [6.07, 6.45) is -3.42. The Hall–Kier alpha value is -3.10. The third-order valence-corrected chi connectivity index (χ3v) is 7.03. The lowest BCUT2D eigenvalue weighted by molar-refractivity contribution is -0.145. The maximum atomic E-state index is 13.8. The van der Waals surface area contributed by atoms with E-state index < -0.39 is 29.9 Å². The summed E-state index contributed by atoms with van der Waals surface area (Å²) < 4.78 is 71.9. The smallest absolute Gasteiger partial charge is 0.378 e. The Labute approximate surface area is 234 Å². The minimum atomic E-state index is -4.71. The number of halogens is 5. The number of anilines is 1. The van der Waals surface area contributed by atoms with Crippen LogP contribution >= 0.6 is 13.5 Å². The van der Waals surface area contributed by atoms with Gasteiger partial charge in [-0.3, -0.25) is 9.69 Å². The summed E-state index contributed by atoms with van der Waals surface area (Å²) in [5.41, 5.74) is 1.31. The zero-order valence-electron chi connectivity index (χ0n) is 21.4. The Kier molecular flexibility index (Phi) is 9.10. The molecule has 4 heterocycles. The molecule has 0 spiro atoms. The number of hydrogen-bond donors (Lipinski definition) is 1. The average molecular weight is 585 g/mol. The fourth-order valence-corrected chi connectivity index (χ4v) is 4.87. The molecule has 2 aromatic heterocycles. The quantitative estimate of drug-likeness (QED) is 0.435. The molecule has 3 aromatic rings. The van der Waals surface area contributed by atoms with Crippen molar-refractivity contribution in [1.82, 2.24) is 25.2 Å². The van der Waals surface area contributed by atoms with Crippen LogP contribution in [0.3, 0.4) is 0 Å². The molecular weight excluding hydrogens is 555 g/mol. The third kappa shape index (κ3) is 6.78. The van der Waals surface area contributed by atoms with Gasteiger partial charge in [-0.05, 0) is 24.3 Å². The van der Waals surface area contributed by atoms with Crippen LogP contribution in [0.1, 0.15) is 40.6 Å². The molecule has 1 amide bonds. The molecule has 40 heavy (non-hydrogen) atoms. The summed E-state index contributed by atoms with van der Waals surface area (Å²) in [5, 5.41) is 3.47. The minimum absolute atomic E-state index is 0. The van der Waals surface area contributed by atoms with Crippen LogP contribution in [0.25, 0.3) is 10.9 Å². The predicted octanol–water partition coefficient (Wildman–Crippen LogP) is 4.20. The fourth-order valence-electron chi connectivity index (χ4n) is 4.87. The van der Waals surface area contributed by atoms with E-state index in [0.717, 1.165) is 31.3 Å². The van der Waals surface area contributed by atoms with Crippen molar-refractivity contribution in [3.05, 3.63) is 59.7 Å². The molecule has 8 nitrogen and oxygen atoms in total. The van der Waals surface area contributed by atoms with Crippen LogP contribution in [0.15, 0.2) is 42.7 Å². The van der Waals surface area contributed by atoms with Gasteiger partial charge in [0.15, 0.2) is 0 Å². The number of piperidine rings is 1. The number of nitrogens with one attached hydrogen (secondary N) is 1. The SMILES string of the molecule is O=C(NC[C@H](c1cnc(C(F)(F)F)nc1)N1CCC(F)(F)CC1)c1cccc2nc(N3CCOCC3)ccc12.S. The van der Waals surface area contributed by atoms with Crippen LogP contribution in [-0.4, -0.2) is 77.6 Å². The number of hydrogen-bond acceptors (Lipinski definition) is 7. The van der Waals surface area contributed by atoms with E-state index in [1.54, 1.807) is 17.0 Å². The first-order valence-electron chi connectivity index (χ1n) is 12.6. The molecule has 2 fully saturated rings. The number of carbonyl (C=O) groups excluding carboxylic acids is 1. The lowest BCUT2D eigenvalue weighted by Crippen LogP contribution is -2.45. The van der Waals surface area contributed by atoms with Crippen molar-refractivity contribution < 1.29 is 31.5 Å². The topological polar surface area (TPSA) is 83.5 Å². The number of alkyl halides is 5. The first kappa shape index (κ1) is 29.9. The second kappa shape index (κ2) is 12.2. The molecule has 14 heteroatoms. The molecule has 0 aliphatic carbocycles. The Balaban J connectivity index is 0.00000370. The van der Waals surface area contributed by atoms with Gasteiger partial charge >= 0.3 is 6.18 Å². The van der Waals surface area contributed by atoms with Crippen molar-refractivity contribution in [2.45, 2.75) is 31.0 Å². The van der Waals surface area contributed by atoms with Gasteiger partial charge in [-0.1, -0.05) is 6.07 Å². The number of nitrogens with zero attached hydrogens (tertiary/aromatic N) is 5. The summed E-state index contributed by atoms with van der Waals surface area (Å²) >= 11 is 0. The van der Waals surface area contributed by atoms with E-state index in [-0.39, 0.29) is 46.0 Å². The van der Waals surface area contributed by atoms with Crippen molar-refractivity contribution in [2.24, 2.45) is 0 Å². The highest BCUT2D eigenvalue weighted by molar-refractivity contribution is 7.59. The van der Waals surface area contributed by atoms with E-state index in [0.29, 0.717) is 35.2 Å². The molecular formula is C26H29F5N6O2S. The zero-order chi connectivity index (χ0) is 27.6. The lowest BCUT2D eigenvalue weighted by atomic mass is 10.0. The molecule has 1 atom stereocenters. The first-order chi connectivity index (χ1) is 18.6. The number of amides is 1. The number of likely N-dealkylation sites (tertiary alicyclic amines) is 1. The number of pyridine rings is 1. The van der Waals surface area contributed by atoms with E-state index in [1.807, 2.05) is 18.2 Å². The van der Waals surface area contributed by atoms with Gasteiger partial charge < -0.3 is 15.0 Å². The Morgan fingerprint density at radius 2 is 1.70 bits per heavy atom. The summed E-state index contributed by atoms with van der Waals surface area (Å²) in [4.78, 5) is 28.6. The van der Waals surface area contributed by atoms with Crippen LogP contribution in [0.4, 0.5) is 27.8 Å². The molecule has 216 valence electrons. The van der Waals surface area contributed by atoms with Crippen molar-refractivity contribution >= 4 is 36.1 Å². The highest BCUT2D eigenvalue weighted by Crippen LogP contribution is 2.33. The predicted molar refractivity (Wildman–Crippen MR) is 143 cm³/mol. The number of fused-ring (bicyclic) bond motifs is 1. The molecule has 2 aliphatic rings. The van der Waals surface area contributed by atoms with E-state index in [4.69, 9.17) is 9.72 Å². The molecule has 0 bridgehead atoms. The maximum Gasteiger partial charge on any atom is 0.451 e. The summed E-state index contributed by atoms with van der Waals surface area (Å²) in [7, 11) is 0. The van der Waals surface area contributed by atoms with E-state index >= 15 is 0 Å². The van der Waals surface area contributed by atoms with Gasteiger partial charge in [0.25, 0.3) is 11.8 Å². The van der Waals surface area contributed by atoms with Crippen LogP contribution < -0.4 is 10.2 Å². The maximum absolute atomic E-state index is 13.8. The Morgan fingerprint density at radius 1 is 1.02 bits per heavy atom. The third-order valence-electron chi connectivity index (χ3n) is 7.03. The monoisotopic (exact) mass is 584 g/mol. The normalized spacial score (nSPS) is 18.7. The number of aromatic nitrogens is 3. The second-order valence-electron chi connectivity index (χ2n) is 9.60. The summed E-state index contributed by atoms with van der Waals surface area (Å²) in [6, 6.07) is 8.18. The lowest BCUT2D eigenvalue weighted by Gasteiger charge is -2.37. The van der Waals surface area contributed by atoms with Gasteiger partial charge in [-0.25, -0.2) is 23.7 Å². The van der Waals surface area contributed by atoms with E-state index in [2.05, 4.69) is 20.2 Å².